The molecule has 0 unspecified atom stereocenters. The molecule has 0 fully saturated rings. The van der Waals surface area contributed by atoms with E-state index < -0.39 is 64.7 Å². The maximum absolute atomic E-state index is 11.4. The van der Waals surface area contributed by atoms with Gasteiger partial charge in [0.2, 0.25) is 0 Å². The van der Waals surface area contributed by atoms with Crippen LogP contribution in [0.2, 0.25) is 0 Å². The van der Waals surface area contributed by atoms with Crippen molar-refractivity contribution in [3.8, 4) is 68.6 Å². The Morgan fingerprint density at radius 2 is 1.02 bits per heavy atom. The van der Waals surface area contributed by atoms with Crippen LogP contribution in [0.15, 0.2) is 48.5 Å². The lowest BCUT2D eigenvalue weighted by atomic mass is 9.87. The number of aromatic hydroxyl groups is 8. The molecule has 0 bridgehead atoms. The topological polar surface area (TPSA) is 221 Å². The maximum atomic E-state index is 11.4. The zero-order valence-corrected chi connectivity index (χ0v) is 21.6. The second kappa shape index (κ2) is 9.72. The molecule has 4 aromatic rings. The molecule has 0 amide bonds. The SMILES string of the molecule is Oc1ccc([C@H]2Oc3cc(O)c(-c4c(O)cc(O)c5c4O[C@H](c4ccc(O)c(O)c4)[C@@H](O)C5)c(O)c3C[C@@H]2O)cc1O. The molecule has 4 aromatic carbocycles. The molecule has 218 valence electrons. The smallest absolute Gasteiger partial charge is 0.157 e. The monoisotopic (exact) mass is 578 g/mol. The van der Waals surface area contributed by atoms with Gasteiger partial charge in [-0.15, -0.1) is 0 Å². The van der Waals surface area contributed by atoms with Crippen LogP contribution in [0.4, 0.5) is 0 Å². The third-order valence-electron chi connectivity index (χ3n) is 7.61. The number of hydrogen-bond acceptors (Lipinski definition) is 12. The summed E-state index contributed by atoms with van der Waals surface area (Å²) in [6.45, 7) is 0. The molecule has 2 aliphatic rings. The van der Waals surface area contributed by atoms with Crippen LogP contribution < -0.4 is 9.47 Å². The molecule has 12 nitrogen and oxygen atoms in total. The molecule has 12 heteroatoms. The van der Waals surface area contributed by atoms with Crippen LogP contribution in [0.5, 0.6) is 57.5 Å². The molecular formula is C30H26O12. The summed E-state index contributed by atoms with van der Waals surface area (Å²) in [5.41, 5.74) is 0.262. The highest BCUT2D eigenvalue weighted by Crippen LogP contribution is 2.56. The number of fused-ring (bicyclic) bond motifs is 2. The van der Waals surface area contributed by atoms with Crippen LogP contribution in [0.1, 0.15) is 34.5 Å². The Morgan fingerprint density at radius 3 is 1.60 bits per heavy atom. The number of aliphatic hydroxyl groups excluding tert-OH is 2. The van der Waals surface area contributed by atoms with E-state index in [2.05, 4.69) is 0 Å². The van der Waals surface area contributed by atoms with E-state index in [0.717, 1.165) is 6.07 Å². The second-order valence-corrected chi connectivity index (χ2v) is 10.3. The zero-order chi connectivity index (χ0) is 30.0. The number of rotatable bonds is 3. The number of ether oxygens (including phenoxy) is 2. The average molecular weight is 579 g/mol. The normalized spacial score (nSPS) is 21.1. The van der Waals surface area contributed by atoms with Crippen molar-refractivity contribution in [1.82, 2.24) is 0 Å². The molecule has 0 aromatic heterocycles. The largest absolute Gasteiger partial charge is 0.507 e. The van der Waals surface area contributed by atoms with Gasteiger partial charge in [0.25, 0.3) is 0 Å². The van der Waals surface area contributed by atoms with Crippen LogP contribution in [0.25, 0.3) is 11.1 Å². The van der Waals surface area contributed by atoms with Crippen molar-refractivity contribution < 1.29 is 60.5 Å². The van der Waals surface area contributed by atoms with Crippen molar-refractivity contribution in [3.05, 3.63) is 70.8 Å². The van der Waals surface area contributed by atoms with Crippen LogP contribution >= 0.6 is 0 Å². The molecule has 2 aliphatic heterocycles. The lowest BCUT2D eigenvalue weighted by molar-refractivity contribution is 0.0194. The van der Waals surface area contributed by atoms with Gasteiger partial charge in [0.15, 0.2) is 23.0 Å². The van der Waals surface area contributed by atoms with Crippen molar-refractivity contribution in [2.75, 3.05) is 0 Å². The first-order chi connectivity index (χ1) is 19.9. The fourth-order valence-electron chi connectivity index (χ4n) is 5.53. The van der Waals surface area contributed by atoms with Crippen molar-refractivity contribution in [2.24, 2.45) is 0 Å². The highest BCUT2D eigenvalue weighted by molar-refractivity contribution is 5.89. The van der Waals surface area contributed by atoms with Crippen LogP contribution in [0, 0.1) is 0 Å². The van der Waals surface area contributed by atoms with Gasteiger partial charge in [-0.05, 0) is 35.4 Å². The van der Waals surface area contributed by atoms with E-state index in [-0.39, 0.29) is 57.9 Å². The summed E-state index contributed by atoms with van der Waals surface area (Å²) in [5, 5.41) is 105. The Kier molecular flexibility index (Phi) is 6.24. The molecule has 0 aliphatic carbocycles. The molecule has 6 rings (SSSR count). The quantitative estimate of drug-likeness (QED) is 0.159. The first-order valence-electron chi connectivity index (χ1n) is 12.8. The predicted molar refractivity (Wildman–Crippen MR) is 144 cm³/mol. The molecule has 4 atom stereocenters. The third kappa shape index (κ3) is 4.24. The summed E-state index contributed by atoms with van der Waals surface area (Å²) in [5.74, 6) is -3.86. The van der Waals surface area contributed by atoms with Gasteiger partial charge in [0.1, 0.15) is 46.7 Å². The molecule has 2 heterocycles. The minimum atomic E-state index is -1.23. The lowest BCUT2D eigenvalue weighted by Crippen LogP contribution is -2.31. The van der Waals surface area contributed by atoms with Crippen molar-refractivity contribution in [1.29, 1.82) is 0 Å². The molecule has 0 spiro atoms. The summed E-state index contributed by atoms with van der Waals surface area (Å²) in [6.07, 6.45) is -4.96. The van der Waals surface area contributed by atoms with E-state index >= 15 is 0 Å². The van der Waals surface area contributed by atoms with Crippen LogP contribution in [0.3, 0.4) is 0 Å². The van der Waals surface area contributed by atoms with E-state index in [0.29, 0.717) is 5.56 Å². The standard InChI is InChI=1S/C30H26O12/c31-15-3-1-11(5-18(15)34)28-23(39)8-14-24(41-28)10-21(37)25(27(14)40)26-20(36)9-17(33)13-7-22(38)29(42-30(13)26)12-2-4-16(32)19(35)6-12/h1-6,9-10,22-23,28-29,31-40H,7-8H2/t22-,23-,28+,29+/m0/s1. The second-order valence-electron chi connectivity index (χ2n) is 10.3. The summed E-state index contributed by atoms with van der Waals surface area (Å²) in [7, 11) is 0. The zero-order valence-electron chi connectivity index (χ0n) is 21.6. The van der Waals surface area contributed by atoms with Crippen LogP contribution in [-0.4, -0.2) is 63.3 Å². The highest BCUT2D eigenvalue weighted by atomic mass is 16.5. The van der Waals surface area contributed by atoms with Gasteiger partial charge in [-0.3, -0.25) is 0 Å². The Labute approximate surface area is 237 Å². The van der Waals surface area contributed by atoms with Gasteiger partial charge in [-0.2, -0.15) is 0 Å². The number of phenolic OH excluding ortho intramolecular Hbond substituents is 8. The van der Waals surface area contributed by atoms with Gasteiger partial charge in [-0.1, -0.05) is 12.1 Å². The lowest BCUT2D eigenvalue weighted by Gasteiger charge is -2.34. The minimum absolute atomic E-state index is 0.0116. The first kappa shape index (κ1) is 27.0. The molecule has 0 saturated carbocycles. The summed E-state index contributed by atoms with van der Waals surface area (Å²) < 4.78 is 11.9. The van der Waals surface area contributed by atoms with Gasteiger partial charge < -0.3 is 60.5 Å². The average Bonchev–Trinajstić information content (AvgIpc) is 2.94. The summed E-state index contributed by atoms with van der Waals surface area (Å²) in [4.78, 5) is 0. The van der Waals surface area contributed by atoms with E-state index in [1.165, 1.54) is 42.5 Å². The maximum Gasteiger partial charge on any atom is 0.157 e. The first-order valence-corrected chi connectivity index (χ1v) is 12.8. The summed E-state index contributed by atoms with van der Waals surface area (Å²) >= 11 is 0. The Balaban J connectivity index is 1.45. The molecule has 10 N–H and O–H groups in total. The van der Waals surface area contributed by atoms with Gasteiger partial charge in [-0.25, -0.2) is 0 Å². The fraction of sp³-hybridized carbons (Fsp3) is 0.200. The predicted octanol–water partition coefficient (Wildman–Crippen LogP) is 3.07. The third-order valence-corrected chi connectivity index (χ3v) is 7.61. The molecule has 0 saturated heterocycles. The fourth-order valence-corrected chi connectivity index (χ4v) is 5.53. The van der Waals surface area contributed by atoms with Crippen LogP contribution in [-0.2, 0) is 12.8 Å². The Bertz CT molecular complexity index is 1730. The Hall–Kier alpha value is -5.20. The molecular weight excluding hydrogens is 552 g/mol. The van der Waals surface area contributed by atoms with E-state index in [9.17, 15) is 51.1 Å². The number of phenols is 8. The summed E-state index contributed by atoms with van der Waals surface area (Å²) in [6, 6.07) is 9.85. The number of benzene rings is 4. The number of aliphatic hydroxyl groups is 2. The van der Waals surface area contributed by atoms with E-state index in [4.69, 9.17) is 9.47 Å². The van der Waals surface area contributed by atoms with E-state index in [1.54, 1.807) is 0 Å². The number of hydrogen-bond donors (Lipinski definition) is 10. The molecule has 42 heavy (non-hydrogen) atoms. The molecule has 0 radical (unpaired) electrons. The van der Waals surface area contributed by atoms with Crippen molar-refractivity contribution >= 4 is 0 Å². The van der Waals surface area contributed by atoms with Gasteiger partial charge in [0, 0.05) is 36.1 Å². The van der Waals surface area contributed by atoms with Gasteiger partial charge in [0.05, 0.1) is 23.3 Å². The van der Waals surface area contributed by atoms with E-state index in [1.807, 2.05) is 0 Å². The highest BCUT2D eigenvalue weighted by Gasteiger charge is 2.39. The van der Waals surface area contributed by atoms with Crippen molar-refractivity contribution in [3.63, 3.8) is 0 Å². The van der Waals surface area contributed by atoms with Gasteiger partial charge >= 0.3 is 0 Å². The minimum Gasteiger partial charge on any atom is -0.507 e. The Morgan fingerprint density at radius 1 is 0.500 bits per heavy atom. The van der Waals surface area contributed by atoms with Crippen molar-refractivity contribution in [2.45, 2.75) is 37.3 Å².